The summed E-state index contributed by atoms with van der Waals surface area (Å²) in [5, 5.41) is 0. The zero-order chi connectivity index (χ0) is 13.8. The van der Waals surface area contributed by atoms with Crippen molar-refractivity contribution in [3.05, 3.63) is 11.6 Å². The van der Waals surface area contributed by atoms with Crippen LogP contribution in [0.3, 0.4) is 0 Å². The molecule has 2 fully saturated rings. The second-order valence-corrected chi connectivity index (χ2v) is 5.41. The van der Waals surface area contributed by atoms with Crippen LogP contribution in [0, 0.1) is 17.8 Å². The lowest BCUT2D eigenvalue weighted by atomic mass is 9.59. The molecule has 0 amide bonds. The number of hydrogen-bond donors (Lipinski definition) is 0. The van der Waals surface area contributed by atoms with E-state index in [1.807, 2.05) is 0 Å². The van der Waals surface area contributed by atoms with Crippen LogP contribution >= 0.6 is 0 Å². The Morgan fingerprint density at radius 3 is 2.68 bits per heavy atom. The van der Waals surface area contributed by atoms with E-state index in [0.717, 1.165) is 6.42 Å². The van der Waals surface area contributed by atoms with Crippen LogP contribution in [0.2, 0.25) is 0 Å². The molecule has 4 aliphatic rings. The van der Waals surface area contributed by atoms with E-state index < -0.39 is 11.7 Å². The highest BCUT2D eigenvalue weighted by Gasteiger charge is 2.66. The Morgan fingerprint density at radius 1 is 1.42 bits per heavy atom. The Kier molecular flexibility index (Phi) is 2.89. The van der Waals surface area contributed by atoms with Gasteiger partial charge in [0.2, 0.25) is 11.6 Å². The zero-order valence-corrected chi connectivity index (χ0v) is 11.3. The number of hydrogen-bond acceptors (Lipinski definition) is 5. The van der Waals surface area contributed by atoms with Crippen LogP contribution in [0.1, 0.15) is 13.3 Å². The summed E-state index contributed by atoms with van der Waals surface area (Å²) in [6, 6.07) is 0. The van der Waals surface area contributed by atoms with Gasteiger partial charge in [-0.3, -0.25) is 9.59 Å². The van der Waals surface area contributed by atoms with Crippen LogP contribution in [0.4, 0.5) is 0 Å². The van der Waals surface area contributed by atoms with Gasteiger partial charge >= 0.3 is 0 Å². The number of ketones is 2. The van der Waals surface area contributed by atoms with E-state index in [9.17, 15) is 9.59 Å². The first-order chi connectivity index (χ1) is 9.06. The van der Waals surface area contributed by atoms with Crippen LogP contribution in [0.5, 0.6) is 0 Å². The van der Waals surface area contributed by atoms with Gasteiger partial charge in [-0.1, -0.05) is 6.08 Å². The molecule has 104 valence electrons. The third kappa shape index (κ3) is 1.46. The molecule has 0 unspecified atom stereocenters. The topological polar surface area (TPSA) is 61.8 Å². The molecule has 0 aromatic heterocycles. The van der Waals surface area contributed by atoms with Gasteiger partial charge in [-0.05, 0) is 13.3 Å². The Labute approximate surface area is 111 Å². The van der Waals surface area contributed by atoms with Crippen LogP contribution < -0.4 is 0 Å². The van der Waals surface area contributed by atoms with Gasteiger partial charge in [0.15, 0.2) is 5.78 Å². The van der Waals surface area contributed by atoms with Crippen molar-refractivity contribution >= 4 is 11.6 Å². The Balaban J connectivity index is 2.16. The molecule has 1 heterocycles. The first-order valence-corrected chi connectivity index (χ1v) is 6.55. The van der Waals surface area contributed by atoms with Gasteiger partial charge in [0.1, 0.15) is 0 Å². The number of rotatable bonds is 3. The highest BCUT2D eigenvalue weighted by atomic mass is 16.7. The fourth-order valence-corrected chi connectivity index (χ4v) is 3.95. The van der Waals surface area contributed by atoms with Crippen molar-refractivity contribution in [1.29, 1.82) is 0 Å². The Morgan fingerprint density at radius 2 is 2.11 bits per heavy atom. The van der Waals surface area contributed by atoms with E-state index in [2.05, 4.69) is 0 Å². The minimum Gasteiger partial charge on any atom is -0.377 e. The molecule has 0 aromatic rings. The van der Waals surface area contributed by atoms with E-state index in [1.54, 1.807) is 6.08 Å². The molecule has 1 aliphatic heterocycles. The van der Waals surface area contributed by atoms with Crippen molar-refractivity contribution in [1.82, 2.24) is 0 Å². The normalized spacial score (nSPS) is 39.1. The molecular weight excluding hydrogens is 248 g/mol. The van der Waals surface area contributed by atoms with Crippen LogP contribution in [-0.2, 0) is 23.8 Å². The summed E-state index contributed by atoms with van der Waals surface area (Å²) in [5.74, 6) is -2.15. The largest absolute Gasteiger partial charge is 0.377 e. The van der Waals surface area contributed by atoms with E-state index in [1.165, 1.54) is 21.1 Å². The van der Waals surface area contributed by atoms with Gasteiger partial charge in [0.05, 0.1) is 17.9 Å². The molecule has 4 atom stereocenters. The van der Waals surface area contributed by atoms with E-state index in [-0.39, 0.29) is 29.5 Å². The van der Waals surface area contributed by atoms with Gasteiger partial charge in [-0.15, -0.1) is 0 Å². The lowest BCUT2D eigenvalue weighted by molar-refractivity contribution is -0.252. The molecule has 2 bridgehead atoms. The van der Waals surface area contributed by atoms with E-state index >= 15 is 0 Å². The summed E-state index contributed by atoms with van der Waals surface area (Å²) in [6.07, 6.45) is 2.47. The summed E-state index contributed by atoms with van der Waals surface area (Å²) < 4.78 is 16.6. The molecule has 0 N–H and O–H groups in total. The lowest BCUT2D eigenvalue weighted by Crippen LogP contribution is -2.65. The first-order valence-electron chi connectivity index (χ1n) is 6.55. The number of carbonyl (C=O) groups excluding carboxylic acids is 2. The number of Topliss-reactive ketones (excluding diaryl/α,β-unsaturated/α-hetero) is 2. The molecule has 5 nitrogen and oxygen atoms in total. The molecule has 0 aromatic carbocycles. The molecule has 5 heteroatoms. The molecule has 4 rings (SSSR count). The van der Waals surface area contributed by atoms with E-state index in [4.69, 9.17) is 14.2 Å². The maximum absolute atomic E-state index is 12.6. The van der Waals surface area contributed by atoms with Gasteiger partial charge in [0, 0.05) is 32.3 Å². The maximum Gasteiger partial charge on any atom is 0.236 e. The minimum atomic E-state index is -1.32. The molecule has 0 spiro atoms. The molecule has 19 heavy (non-hydrogen) atoms. The number of methoxy groups -OCH3 is 2. The third-order valence-corrected chi connectivity index (χ3v) is 4.73. The van der Waals surface area contributed by atoms with Crippen molar-refractivity contribution < 1.29 is 23.8 Å². The SMILES string of the molecule is COC1(OC)C(=O)[C@@H]2C=C(C(C)=O)[C@H]1[C@H]1CCO[C@H]12. The fraction of sp³-hybridized carbons (Fsp3) is 0.714. The summed E-state index contributed by atoms with van der Waals surface area (Å²) in [4.78, 5) is 24.5. The molecule has 1 saturated carbocycles. The quantitative estimate of drug-likeness (QED) is 0.705. The predicted molar refractivity (Wildman–Crippen MR) is 65.3 cm³/mol. The van der Waals surface area contributed by atoms with Crippen molar-refractivity contribution in [3.63, 3.8) is 0 Å². The van der Waals surface area contributed by atoms with Crippen molar-refractivity contribution in [2.24, 2.45) is 17.8 Å². The standard InChI is InChI=1S/C14H18O5/c1-7(15)9-6-10-12-8(4-5-19-12)11(9)14(17-2,18-3)13(10)16/h6,8,10-12H,4-5H2,1-3H3/t8-,10-,11-,12-/m1/s1. The van der Waals surface area contributed by atoms with Crippen molar-refractivity contribution in [3.8, 4) is 0 Å². The maximum atomic E-state index is 12.6. The van der Waals surface area contributed by atoms with Crippen LogP contribution in [0.25, 0.3) is 0 Å². The number of carbonyl (C=O) groups is 2. The van der Waals surface area contributed by atoms with Crippen LogP contribution in [0.15, 0.2) is 11.6 Å². The summed E-state index contributed by atoms with van der Waals surface area (Å²) in [6.45, 7) is 2.15. The van der Waals surface area contributed by atoms with Crippen LogP contribution in [-0.4, -0.2) is 44.3 Å². The Bertz CT molecular complexity index is 462. The second kappa shape index (κ2) is 4.23. The smallest absolute Gasteiger partial charge is 0.236 e. The summed E-state index contributed by atoms with van der Waals surface area (Å²) in [7, 11) is 2.93. The zero-order valence-electron chi connectivity index (χ0n) is 11.3. The average Bonchev–Trinajstić information content (AvgIpc) is 2.89. The van der Waals surface area contributed by atoms with E-state index in [0.29, 0.717) is 12.2 Å². The predicted octanol–water partition coefficient (Wildman–Crippen LogP) is 0.725. The molecule has 0 radical (unpaired) electrons. The van der Waals surface area contributed by atoms with Gasteiger partial charge in [0.25, 0.3) is 0 Å². The highest BCUT2D eigenvalue weighted by Crippen LogP contribution is 2.54. The molecule has 3 aliphatic carbocycles. The van der Waals surface area contributed by atoms with Gasteiger partial charge in [-0.2, -0.15) is 0 Å². The number of ether oxygens (including phenoxy) is 3. The highest BCUT2D eigenvalue weighted by molar-refractivity contribution is 6.02. The van der Waals surface area contributed by atoms with Crippen molar-refractivity contribution in [2.75, 3.05) is 20.8 Å². The average molecular weight is 266 g/mol. The summed E-state index contributed by atoms with van der Waals surface area (Å²) in [5.41, 5.74) is 0.653. The number of fused-ring (bicyclic) bond motifs is 1. The monoisotopic (exact) mass is 266 g/mol. The third-order valence-electron chi connectivity index (χ3n) is 4.73. The van der Waals surface area contributed by atoms with Crippen molar-refractivity contribution in [2.45, 2.75) is 25.2 Å². The van der Waals surface area contributed by atoms with Gasteiger partial charge in [-0.25, -0.2) is 0 Å². The summed E-state index contributed by atoms with van der Waals surface area (Å²) >= 11 is 0. The first kappa shape index (κ1) is 13.0. The fourth-order valence-electron chi connectivity index (χ4n) is 3.95. The lowest BCUT2D eigenvalue weighted by Gasteiger charge is -2.51. The Hall–Kier alpha value is -1.04. The molecular formula is C14H18O5. The minimum absolute atomic E-state index is 0.0219. The van der Waals surface area contributed by atoms with Gasteiger partial charge < -0.3 is 14.2 Å². The second-order valence-electron chi connectivity index (χ2n) is 5.41. The molecule has 1 saturated heterocycles.